The van der Waals surface area contributed by atoms with E-state index >= 15 is 0 Å². The quantitative estimate of drug-likeness (QED) is 0.795. The van der Waals surface area contributed by atoms with Crippen molar-refractivity contribution in [3.63, 3.8) is 0 Å². The van der Waals surface area contributed by atoms with Gasteiger partial charge in [0.1, 0.15) is 0 Å². The van der Waals surface area contributed by atoms with Crippen molar-refractivity contribution in [1.29, 1.82) is 0 Å². The lowest BCUT2D eigenvalue weighted by Gasteiger charge is -2.24. The van der Waals surface area contributed by atoms with Crippen molar-refractivity contribution in [3.8, 4) is 0 Å². The van der Waals surface area contributed by atoms with Gasteiger partial charge < -0.3 is 16.0 Å². The summed E-state index contributed by atoms with van der Waals surface area (Å²) in [6, 6.07) is 7.83. The highest BCUT2D eigenvalue weighted by Gasteiger charge is 2.38. The van der Waals surface area contributed by atoms with E-state index in [1.165, 1.54) is 25.7 Å². The van der Waals surface area contributed by atoms with Crippen LogP contribution < -0.4 is 20.9 Å². The monoisotopic (exact) mass is 328 g/mol. The summed E-state index contributed by atoms with van der Waals surface area (Å²) in [6.45, 7) is 1.31. The highest BCUT2D eigenvalue weighted by Crippen LogP contribution is 2.33. The molecule has 3 amide bonds. The van der Waals surface area contributed by atoms with E-state index in [0.29, 0.717) is 25.0 Å². The Labute approximate surface area is 142 Å². The van der Waals surface area contributed by atoms with Crippen molar-refractivity contribution in [2.24, 2.45) is 5.92 Å². The molecule has 1 aromatic rings. The highest BCUT2D eigenvalue weighted by atomic mass is 16.2. The number of amides is 3. The lowest BCUT2D eigenvalue weighted by molar-refractivity contribution is -0.117. The molecule has 3 atom stereocenters. The first-order valence-electron chi connectivity index (χ1n) is 8.93. The minimum absolute atomic E-state index is 0.0347. The average Bonchev–Trinajstić information content (AvgIpc) is 3.21. The minimum Gasteiger partial charge on any atom is -0.336 e. The Hall–Kier alpha value is -2.08. The van der Waals surface area contributed by atoms with Crippen LogP contribution in [-0.4, -0.2) is 37.1 Å². The lowest BCUT2D eigenvalue weighted by atomic mass is 9.85. The van der Waals surface area contributed by atoms with E-state index in [-0.39, 0.29) is 18.0 Å². The Morgan fingerprint density at radius 3 is 2.92 bits per heavy atom. The smallest absolute Gasteiger partial charge is 0.321 e. The van der Waals surface area contributed by atoms with E-state index < -0.39 is 0 Å². The third-order valence-corrected chi connectivity index (χ3v) is 5.46. The van der Waals surface area contributed by atoms with Crippen molar-refractivity contribution < 1.29 is 9.59 Å². The number of rotatable bonds is 3. The second kappa shape index (κ2) is 6.43. The zero-order valence-corrected chi connectivity index (χ0v) is 13.8. The molecule has 1 aromatic carbocycles. The fraction of sp³-hybridized carbons (Fsp3) is 0.556. The van der Waals surface area contributed by atoms with Crippen LogP contribution in [0.2, 0.25) is 0 Å². The Balaban J connectivity index is 1.42. The molecule has 0 spiro atoms. The van der Waals surface area contributed by atoms with Crippen LogP contribution in [0, 0.1) is 5.92 Å². The third kappa shape index (κ3) is 2.98. The first kappa shape index (κ1) is 15.4. The molecule has 6 heteroatoms. The van der Waals surface area contributed by atoms with Gasteiger partial charge in [0.25, 0.3) is 0 Å². The molecule has 3 fully saturated rings. The van der Waals surface area contributed by atoms with Crippen LogP contribution in [0.15, 0.2) is 24.3 Å². The number of carbonyl (C=O) groups excluding carboxylic acids is 2. The average molecular weight is 328 g/mol. The molecule has 4 rings (SSSR count). The number of carbonyl (C=O) groups is 2. The van der Waals surface area contributed by atoms with E-state index in [9.17, 15) is 9.59 Å². The minimum atomic E-state index is -0.100. The van der Waals surface area contributed by atoms with Crippen LogP contribution in [0.25, 0.3) is 0 Å². The van der Waals surface area contributed by atoms with Crippen molar-refractivity contribution >= 4 is 23.3 Å². The number of fused-ring (bicyclic) bond motifs is 1. The summed E-state index contributed by atoms with van der Waals surface area (Å²) in [6.07, 6.45) is 5.92. The molecule has 3 N–H and O–H groups in total. The van der Waals surface area contributed by atoms with Crippen LogP contribution in [-0.2, 0) is 4.79 Å². The Morgan fingerprint density at radius 1 is 1.25 bits per heavy atom. The number of hydrogen-bond donors (Lipinski definition) is 3. The van der Waals surface area contributed by atoms with Crippen LogP contribution >= 0.6 is 0 Å². The van der Waals surface area contributed by atoms with Crippen LogP contribution in [0.5, 0.6) is 0 Å². The largest absolute Gasteiger partial charge is 0.336 e. The molecule has 1 aliphatic carbocycles. The molecule has 1 saturated carbocycles. The predicted octanol–water partition coefficient (Wildman–Crippen LogP) is 2.08. The molecule has 0 aromatic heterocycles. The summed E-state index contributed by atoms with van der Waals surface area (Å²) in [4.78, 5) is 26.1. The number of urea groups is 1. The van der Waals surface area contributed by atoms with Gasteiger partial charge in [-0.15, -0.1) is 0 Å². The topological polar surface area (TPSA) is 73.5 Å². The van der Waals surface area contributed by atoms with Gasteiger partial charge in [-0.1, -0.05) is 18.9 Å². The lowest BCUT2D eigenvalue weighted by Crippen LogP contribution is -2.39. The number of hydrogen-bond acceptors (Lipinski definition) is 3. The fourth-order valence-electron chi connectivity index (χ4n) is 4.22. The second-order valence-electron chi connectivity index (χ2n) is 7.03. The number of nitrogens with one attached hydrogen (secondary N) is 3. The summed E-state index contributed by atoms with van der Waals surface area (Å²) in [5, 5.41) is 9.31. The van der Waals surface area contributed by atoms with Gasteiger partial charge in [0.15, 0.2) is 0 Å². The molecule has 24 heavy (non-hydrogen) atoms. The summed E-state index contributed by atoms with van der Waals surface area (Å²) in [5.41, 5.74) is 1.56. The maximum absolute atomic E-state index is 12.6. The predicted molar refractivity (Wildman–Crippen MR) is 93.1 cm³/mol. The molecular formula is C18H24N4O2. The number of benzene rings is 1. The zero-order valence-electron chi connectivity index (χ0n) is 13.8. The number of nitrogens with zero attached hydrogens (tertiary/aromatic N) is 1. The number of anilines is 2. The van der Waals surface area contributed by atoms with Gasteiger partial charge in [-0.05, 0) is 43.4 Å². The maximum Gasteiger partial charge on any atom is 0.321 e. The summed E-state index contributed by atoms with van der Waals surface area (Å²) >= 11 is 0. The van der Waals surface area contributed by atoms with E-state index in [1.54, 1.807) is 4.90 Å². The molecule has 3 aliphatic rings. The van der Waals surface area contributed by atoms with Gasteiger partial charge in [-0.2, -0.15) is 0 Å². The van der Waals surface area contributed by atoms with E-state index in [4.69, 9.17) is 0 Å². The van der Waals surface area contributed by atoms with Gasteiger partial charge in [0, 0.05) is 30.5 Å². The van der Waals surface area contributed by atoms with E-state index in [0.717, 1.165) is 17.8 Å². The van der Waals surface area contributed by atoms with Gasteiger partial charge in [0.2, 0.25) is 5.91 Å². The Bertz CT molecular complexity index is 634. The summed E-state index contributed by atoms with van der Waals surface area (Å²) in [5.74, 6) is 0.682. The Morgan fingerprint density at radius 2 is 2.12 bits per heavy atom. The molecule has 6 nitrogen and oxygen atoms in total. The summed E-state index contributed by atoms with van der Waals surface area (Å²) < 4.78 is 0. The van der Waals surface area contributed by atoms with E-state index in [2.05, 4.69) is 16.0 Å². The first-order valence-corrected chi connectivity index (χ1v) is 8.93. The SMILES string of the molecule is O=C(Nc1cccc(N2CCNC2=O)c1)C1CC2CCCCC2N1. The van der Waals surface area contributed by atoms with E-state index in [1.807, 2.05) is 24.3 Å². The maximum atomic E-state index is 12.6. The molecule has 2 saturated heterocycles. The fourth-order valence-corrected chi connectivity index (χ4v) is 4.22. The highest BCUT2D eigenvalue weighted by molar-refractivity contribution is 5.97. The molecule has 2 aliphatic heterocycles. The zero-order chi connectivity index (χ0) is 16.5. The van der Waals surface area contributed by atoms with Crippen molar-refractivity contribution in [2.45, 2.75) is 44.2 Å². The molecular weight excluding hydrogens is 304 g/mol. The van der Waals surface area contributed by atoms with Crippen molar-refractivity contribution in [2.75, 3.05) is 23.3 Å². The first-order chi connectivity index (χ1) is 11.7. The van der Waals surface area contributed by atoms with Crippen LogP contribution in [0.4, 0.5) is 16.2 Å². The molecule has 0 radical (unpaired) electrons. The van der Waals surface area contributed by atoms with Gasteiger partial charge in [-0.25, -0.2) is 4.79 Å². The van der Waals surface area contributed by atoms with Crippen LogP contribution in [0.1, 0.15) is 32.1 Å². The van der Waals surface area contributed by atoms with Crippen molar-refractivity contribution in [1.82, 2.24) is 10.6 Å². The standard InChI is InChI=1S/C18H24N4O2/c23-17(16-10-12-4-1-2-7-15(12)21-16)20-13-5-3-6-14(11-13)22-9-8-19-18(22)24/h3,5-6,11-12,15-16,21H,1-2,4,7-10H2,(H,19,24)(H,20,23). The second-order valence-corrected chi connectivity index (χ2v) is 7.03. The Kier molecular flexibility index (Phi) is 4.14. The molecule has 0 bridgehead atoms. The molecule has 2 heterocycles. The molecule has 3 unspecified atom stereocenters. The third-order valence-electron chi connectivity index (χ3n) is 5.46. The van der Waals surface area contributed by atoms with Crippen molar-refractivity contribution in [3.05, 3.63) is 24.3 Å². The van der Waals surface area contributed by atoms with Crippen LogP contribution in [0.3, 0.4) is 0 Å². The van der Waals surface area contributed by atoms with Gasteiger partial charge >= 0.3 is 6.03 Å². The van der Waals surface area contributed by atoms with Gasteiger partial charge in [0.05, 0.1) is 6.04 Å². The normalized spacial score (nSPS) is 29.2. The van der Waals surface area contributed by atoms with Gasteiger partial charge in [-0.3, -0.25) is 9.69 Å². The molecule has 128 valence electrons. The summed E-state index contributed by atoms with van der Waals surface area (Å²) in [7, 11) is 0.